The number of carbonyl (C=O) groups excluding carboxylic acids is 2. The number of carboxylic acids is 1. The number of halogens is 6. The van der Waals surface area contributed by atoms with Gasteiger partial charge in [-0.25, -0.2) is 0 Å². The summed E-state index contributed by atoms with van der Waals surface area (Å²) in [6.45, 7) is -0.578. The summed E-state index contributed by atoms with van der Waals surface area (Å²) in [5.74, 6) is -1.11. The topological polar surface area (TPSA) is 304 Å². The van der Waals surface area contributed by atoms with Crippen LogP contribution in [0.2, 0.25) is 0 Å². The molecule has 4 atom stereocenters. The first-order chi connectivity index (χ1) is 26.1. The second-order valence-corrected chi connectivity index (χ2v) is 15.5. The van der Waals surface area contributed by atoms with Gasteiger partial charge in [0.15, 0.2) is 0 Å². The Hall–Kier alpha value is -0.400. The van der Waals surface area contributed by atoms with Gasteiger partial charge < -0.3 is 56.2 Å². The minimum Gasteiger partial charge on any atom is -0.493 e. The molecule has 0 aromatic carbocycles. The molecule has 18 nitrogen and oxygen atoms in total. The maximum Gasteiger partial charge on any atom is 1.00 e. The molecule has 30 heteroatoms. The van der Waals surface area contributed by atoms with Crippen molar-refractivity contribution in [2.45, 2.75) is 95.2 Å². The van der Waals surface area contributed by atoms with Gasteiger partial charge in [-0.05, 0) is 114 Å². The third-order valence-corrected chi connectivity index (χ3v) is 9.81. The molecule has 332 valence electrons. The Morgan fingerprint density at radius 1 is 0.600 bits per heavy atom. The van der Waals surface area contributed by atoms with Gasteiger partial charge in [0.25, 0.3) is 0 Å². The average molecular weight is 969 g/mol. The van der Waals surface area contributed by atoms with Gasteiger partial charge in [0.1, 0.15) is 0 Å². The minimum absolute atomic E-state index is 0. The zero-order valence-corrected chi connectivity index (χ0v) is 41.4. The van der Waals surface area contributed by atoms with Crippen LogP contribution in [0.3, 0.4) is 0 Å². The summed E-state index contributed by atoms with van der Waals surface area (Å²) >= 11 is 0. The van der Waals surface area contributed by atoms with E-state index < -0.39 is 104 Å². The molecule has 0 aliphatic heterocycles. The van der Waals surface area contributed by atoms with E-state index in [-0.39, 0.29) is 95.3 Å². The van der Waals surface area contributed by atoms with E-state index in [0.29, 0.717) is 49.4 Å². The Morgan fingerprint density at radius 3 is 1.12 bits per heavy atom. The van der Waals surface area contributed by atoms with Gasteiger partial charge >= 0.3 is 132 Å². The normalized spacial score (nSPS) is 29.6. The first-order valence-corrected chi connectivity index (χ1v) is 19.5. The Bertz CT molecular complexity index is 1580. The van der Waals surface area contributed by atoms with Crippen molar-refractivity contribution in [1.82, 2.24) is 0 Å². The number of hydrogen-bond acceptors (Lipinski definition) is 17. The van der Waals surface area contributed by atoms with Crippen LogP contribution >= 0.6 is 0 Å². The molecular formula is C30H41F6Na3O18S3. The SMILES string of the molecule is CCOC(=O)[C-](F)F.O=C(O)C12CC3CC(CC(O)(C3)C1)C2.O=C(OC[C-](F)F)C12CC3CC(CC(O)(C3)C1)C2.O=S(=O)=O.O=S(=O)=O.O=S(=O)=O.OC[C-](F)F.[Na+].[Na+].[Na+]. The summed E-state index contributed by atoms with van der Waals surface area (Å²) < 4.78 is 152. The fourth-order valence-corrected chi connectivity index (χ4v) is 9.38. The standard InChI is InChI=1S/C13H17F2O3.C11H16O3.C4H5F2O2.C2H3F2O.3Na.3O3S/c14-10(15)6-18-11(16)12-2-8-1-9(3-12)5-13(17,4-8)7-12;12-9(13)10-2-7-1-8(3-10)5-11(14,4-7)6-10;1-2-8-4(7)3(5)6;3-2(4)1-5;;;;3*1-4(2)3/h8-9,17H,1-7H2;7-8,14H,1-6H2,(H,12,13);2H2,1H3;5H,1H2;;;;;;/q-1;;2*-1;3*+1;;;. The van der Waals surface area contributed by atoms with E-state index in [1.165, 1.54) is 6.92 Å². The van der Waals surface area contributed by atoms with Crippen LogP contribution in [0.5, 0.6) is 0 Å². The second kappa shape index (κ2) is 30.7. The molecule has 0 saturated heterocycles. The van der Waals surface area contributed by atoms with E-state index in [4.69, 9.17) is 47.7 Å². The summed E-state index contributed by atoms with van der Waals surface area (Å²) in [5.41, 5.74) is -2.67. The Labute approximate surface area is 411 Å². The Kier molecular flexibility index (Phi) is 33.9. The number of carbonyl (C=O) groups is 3. The summed E-state index contributed by atoms with van der Waals surface area (Å²) in [7, 11) is -9.33. The third-order valence-electron chi connectivity index (χ3n) is 9.81. The van der Waals surface area contributed by atoms with Crippen LogP contribution in [0.15, 0.2) is 0 Å². The maximum atomic E-state index is 12.1. The molecule has 0 aromatic heterocycles. The van der Waals surface area contributed by atoms with Gasteiger partial charge in [-0.3, -0.25) is 14.4 Å². The molecule has 60 heavy (non-hydrogen) atoms. The number of aliphatic hydroxyl groups is 3. The van der Waals surface area contributed by atoms with Crippen molar-refractivity contribution >= 4 is 49.7 Å². The number of carboxylic acid groups (broad SMARTS) is 1. The maximum absolute atomic E-state index is 12.1. The molecule has 8 fully saturated rings. The minimum atomic E-state index is -3.11. The van der Waals surface area contributed by atoms with Crippen molar-refractivity contribution in [1.29, 1.82) is 0 Å². The van der Waals surface area contributed by atoms with Crippen LogP contribution in [0, 0.1) is 53.8 Å². The molecule has 8 saturated carbocycles. The monoisotopic (exact) mass is 968 g/mol. The number of aliphatic hydroxyl groups excluding tert-OH is 1. The molecule has 0 amide bonds. The van der Waals surface area contributed by atoms with Crippen molar-refractivity contribution in [2.24, 2.45) is 34.5 Å². The number of ether oxygens (including phenoxy) is 2. The average Bonchev–Trinajstić information content (AvgIpc) is 3.01. The molecule has 0 spiro atoms. The summed E-state index contributed by atoms with van der Waals surface area (Å²) in [6, 6.07) is 0. The van der Waals surface area contributed by atoms with Gasteiger partial charge in [-0.1, -0.05) is 0 Å². The van der Waals surface area contributed by atoms with E-state index in [2.05, 4.69) is 4.74 Å². The molecule has 4 unspecified atom stereocenters. The number of hydrogen-bond donors (Lipinski definition) is 4. The van der Waals surface area contributed by atoms with Gasteiger partial charge in [0.2, 0.25) is 5.97 Å². The molecule has 8 aliphatic rings. The molecule has 0 heterocycles. The molecule has 8 aliphatic carbocycles. The predicted octanol–water partition coefficient (Wildman–Crippen LogP) is -6.92. The summed E-state index contributed by atoms with van der Waals surface area (Å²) in [4.78, 5) is 33.1. The van der Waals surface area contributed by atoms with Crippen molar-refractivity contribution in [2.75, 3.05) is 19.8 Å². The van der Waals surface area contributed by atoms with Gasteiger partial charge in [0, 0.05) is 25.9 Å². The first kappa shape index (κ1) is 66.2. The molecule has 8 rings (SSSR count). The van der Waals surface area contributed by atoms with Crippen LogP contribution in [0.25, 0.3) is 0 Å². The van der Waals surface area contributed by atoms with Gasteiger partial charge in [0.05, 0.1) is 28.6 Å². The molecule has 0 aromatic rings. The number of esters is 2. The van der Waals surface area contributed by atoms with Crippen LogP contribution in [0.1, 0.15) is 84.0 Å². The quantitative estimate of drug-likeness (QED) is 0.0798. The Balaban J connectivity index is -0.000000334. The molecule has 0 radical (unpaired) electrons. The number of aliphatic carboxylic acids is 1. The van der Waals surface area contributed by atoms with Crippen LogP contribution in [0.4, 0.5) is 26.3 Å². The van der Waals surface area contributed by atoms with Gasteiger partial charge in [-0.2, -0.15) is 0 Å². The fraction of sp³-hybridized carbons (Fsp3) is 0.800. The van der Waals surface area contributed by atoms with Crippen LogP contribution in [-0.4, -0.2) is 107 Å². The predicted molar refractivity (Wildman–Crippen MR) is 172 cm³/mol. The smallest absolute Gasteiger partial charge is 0.493 e. The van der Waals surface area contributed by atoms with Gasteiger partial charge in [-0.15, -0.1) is 37.9 Å². The largest absolute Gasteiger partial charge is 1.00 e. The van der Waals surface area contributed by atoms with E-state index in [1.807, 2.05) is 0 Å². The molecular weight excluding hydrogens is 927 g/mol. The van der Waals surface area contributed by atoms with Crippen molar-refractivity contribution in [3.05, 3.63) is 19.3 Å². The zero-order valence-electron chi connectivity index (χ0n) is 32.9. The molecule has 8 bridgehead atoms. The van der Waals surface area contributed by atoms with Crippen molar-refractivity contribution in [3.8, 4) is 0 Å². The van der Waals surface area contributed by atoms with E-state index >= 15 is 0 Å². The number of rotatable bonds is 7. The Morgan fingerprint density at radius 2 is 0.900 bits per heavy atom. The second-order valence-electron chi connectivity index (χ2n) is 14.2. The van der Waals surface area contributed by atoms with Crippen molar-refractivity contribution in [3.63, 3.8) is 0 Å². The van der Waals surface area contributed by atoms with E-state index in [1.54, 1.807) is 0 Å². The van der Waals surface area contributed by atoms with E-state index in [9.17, 15) is 56.0 Å². The van der Waals surface area contributed by atoms with E-state index in [0.717, 1.165) is 51.4 Å². The summed E-state index contributed by atoms with van der Waals surface area (Å²) in [5, 5.41) is 37.3. The van der Waals surface area contributed by atoms with Crippen LogP contribution in [-0.2, 0) is 55.7 Å². The zero-order chi connectivity index (χ0) is 44.5. The van der Waals surface area contributed by atoms with Crippen LogP contribution < -0.4 is 88.7 Å². The fourth-order valence-electron chi connectivity index (χ4n) is 9.38. The third kappa shape index (κ3) is 25.2. The summed E-state index contributed by atoms with van der Waals surface area (Å²) in [6.07, 6.45) is 3.17. The molecule has 4 N–H and O–H groups in total. The van der Waals surface area contributed by atoms with Crippen molar-refractivity contribution < 1.29 is 197 Å². The first-order valence-electron chi connectivity index (χ1n) is 16.5.